The standard InChI is InChI=1S/C26H20N2O3S/c1-2-16-13-14-19-20(15-16)32-26(27-19)28-22(17-9-5-3-6-10-17)21(24(30)25(28)31)23(29)18-11-7-4-8-12-18/h3-15,22,29H,2H2,1H3/b23-21+. The molecule has 5 nitrogen and oxygen atoms in total. The number of aromatic nitrogens is 1. The van der Waals surface area contributed by atoms with Crippen LogP contribution in [0.15, 0.2) is 84.4 Å². The van der Waals surface area contributed by atoms with Crippen LogP contribution in [-0.2, 0) is 16.0 Å². The number of amides is 1. The van der Waals surface area contributed by atoms with Crippen LogP contribution in [0, 0.1) is 0 Å². The van der Waals surface area contributed by atoms with Crippen LogP contribution in [0.25, 0.3) is 16.0 Å². The number of anilines is 1. The van der Waals surface area contributed by atoms with Crippen molar-refractivity contribution in [3.8, 4) is 0 Å². The molecule has 2 heterocycles. The summed E-state index contributed by atoms with van der Waals surface area (Å²) in [5, 5.41) is 11.5. The third kappa shape index (κ3) is 3.29. The number of carbonyl (C=O) groups is 2. The fourth-order valence-corrected chi connectivity index (χ4v) is 5.07. The first-order valence-electron chi connectivity index (χ1n) is 10.4. The fourth-order valence-electron chi connectivity index (χ4n) is 4.01. The monoisotopic (exact) mass is 440 g/mol. The van der Waals surface area contributed by atoms with Gasteiger partial charge in [0.05, 0.1) is 21.8 Å². The predicted octanol–water partition coefficient (Wildman–Crippen LogP) is 5.49. The van der Waals surface area contributed by atoms with E-state index in [-0.39, 0.29) is 11.3 Å². The third-order valence-corrected chi connectivity index (χ3v) is 6.68. The summed E-state index contributed by atoms with van der Waals surface area (Å²) in [5.74, 6) is -1.59. The van der Waals surface area contributed by atoms with Crippen LogP contribution in [0.2, 0.25) is 0 Å². The average molecular weight is 441 g/mol. The number of carbonyl (C=O) groups excluding carboxylic acids is 2. The highest BCUT2D eigenvalue weighted by Crippen LogP contribution is 2.44. The Kier molecular flexibility index (Phi) is 5.07. The van der Waals surface area contributed by atoms with Gasteiger partial charge in [0.25, 0.3) is 5.78 Å². The molecule has 1 aliphatic rings. The van der Waals surface area contributed by atoms with Crippen LogP contribution in [0.5, 0.6) is 0 Å². The number of aliphatic hydroxyl groups is 1. The first kappa shape index (κ1) is 20.2. The molecule has 1 amide bonds. The maximum absolute atomic E-state index is 13.2. The molecule has 4 aromatic rings. The average Bonchev–Trinajstić information content (AvgIpc) is 3.37. The molecule has 1 aliphatic heterocycles. The minimum atomic E-state index is -0.761. The van der Waals surface area contributed by atoms with E-state index < -0.39 is 17.7 Å². The van der Waals surface area contributed by atoms with Crippen molar-refractivity contribution in [1.29, 1.82) is 0 Å². The van der Waals surface area contributed by atoms with Crippen molar-refractivity contribution >= 4 is 44.1 Å². The molecule has 0 radical (unpaired) electrons. The van der Waals surface area contributed by atoms with Crippen LogP contribution in [0.4, 0.5) is 5.13 Å². The van der Waals surface area contributed by atoms with Gasteiger partial charge in [-0.05, 0) is 29.7 Å². The minimum Gasteiger partial charge on any atom is -0.507 e. The zero-order chi connectivity index (χ0) is 22.2. The minimum absolute atomic E-state index is 0.0703. The van der Waals surface area contributed by atoms with Gasteiger partial charge in [-0.2, -0.15) is 0 Å². The molecule has 1 aromatic heterocycles. The van der Waals surface area contributed by atoms with Crippen molar-refractivity contribution < 1.29 is 14.7 Å². The maximum Gasteiger partial charge on any atom is 0.301 e. The summed E-state index contributed by atoms with van der Waals surface area (Å²) >= 11 is 1.38. The van der Waals surface area contributed by atoms with Crippen LogP contribution < -0.4 is 4.90 Å². The Morgan fingerprint density at radius 3 is 2.38 bits per heavy atom. The largest absolute Gasteiger partial charge is 0.507 e. The van der Waals surface area contributed by atoms with E-state index in [1.807, 2.05) is 48.5 Å². The molecule has 1 saturated heterocycles. The second-order valence-corrected chi connectivity index (χ2v) is 8.61. The second kappa shape index (κ2) is 8.05. The summed E-state index contributed by atoms with van der Waals surface area (Å²) in [6, 6.07) is 23.4. The van der Waals surface area contributed by atoms with Gasteiger partial charge in [0, 0.05) is 5.56 Å². The number of aryl methyl sites for hydroxylation is 1. The van der Waals surface area contributed by atoms with E-state index in [2.05, 4.69) is 18.0 Å². The lowest BCUT2D eigenvalue weighted by molar-refractivity contribution is -0.132. The van der Waals surface area contributed by atoms with Gasteiger partial charge in [0.15, 0.2) is 5.13 Å². The molecule has 1 atom stereocenters. The lowest BCUT2D eigenvalue weighted by atomic mass is 9.95. The maximum atomic E-state index is 13.2. The summed E-state index contributed by atoms with van der Waals surface area (Å²) in [4.78, 5) is 32.5. The predicted molar refractivity (Wildman–Crippen MR) is 127 cm³/mol. The van der Waals surface area contributed by atoms with E-state index in [1.54, 1.807) is 24.3 Å². The molecular weight excluding hydrogens is 420 g/mol. The van der Waals surface area contributed by atoms with Crippen molar-refractivity contribution in [1.82, 2.24) is 4.98 Å². The molecule has 32 heavy (non-hydrogen) atoms. The third-order valence-electron chi connectivity index (χ3n) is 5.66. The molecule has 0 aliphatic carbocycles. The normalized spacial score (nSPS) is 17.9. The molecule has 158 valence electrons. The number of thiazole rings is 1. The van der Waals surface area contributed by atoms with E-state index in [9.17, 15) is 14.7 Å². The number of aliphatic hydroxyl groups excluding tert-OH is 1. The second-order valence-electron chi connectivity index (χ2n) is 7.60. The van der Waals surface area contributed by atoms with E-state index in [0.29, 0.717) is 10.7 Å². The fraction of sp³-hybridized carbons (Fsp3) is 0.115. The van der Waals surface area contributed by atoms with E-state index in [1.165, 1.54) is 21.8 Å². The zero-order valence-corrected chi connectivity index (χ0v) is 18.2. The highest BCUT2D eigenvalue weighted by molar-refractivity contribution is 7.22. The van der Waals surface area contributed by atoms with Gasteiger partial charge in [-0.3, -0.25) is 14.5 Å². The summed E-state index contributed by atoms with van der Waals surface area (Å²) in [6.45, 7) is 2.08. The van der Waals surface area contributed by atoms with Crippen LogP contribution in [-0.4, -0.2) is 21.8 Å². The quantitative estimate of drug-likeness (QED) is 0.259. The van der Waals surface area contributed by atoms with Crippen molar-refractivity contribution in [2.45, 2.75) is 19.4 Å². The smallest absolute Gasteiger partial charge is 0.301 e. The number of Topliss-reactive ketones (excluding diaryl/α,β-unsaturated/α-hetero) is 1. The van der Waals surface area contributed by atoms with Gasteiger partial charge in [0.2, 0.25) is 0 Å². The van der Waals surface area contributed by atoms with Crippen molar-refractivity contribution in [3.63, 3.8) is 0 Å². The number of fused-ring (bicyclic) bond motifs is 1. The highest BCUT2D eigenvalue weighted by Gasteiger charge is 2.48. The number of rotatable bonds is 4. The number of hydrogen-bond acceptors (Lipinski definition) is 5. The first-order valence-corrected chi connectivity index (χ1v) is 11.2. The zero-order valence-electron chi connectivity index (χ0n) is 17.4. The molecule has 0 spiro atoms. The Labute approximate surface area is 189 Å². The molecule has 6 heteroatoms. The van der Waals surface area contributed by atoms with E-state index in [4.69, 9.17) is 0 Å². The number of ketones is 1. The van der Waals surface area contributed by atoms with Gasteiger partial charge >= 0.3 is 5.91 Å². The molecule has 1 N–H and O–H groups in total. The summed E-state index contributed by atoms with van der Waals surface area (Å²) in [6.07, 6.45) is 0.898. The SMILES string of the molecule is CCc1ccc2nc(N3C(=O)C(=O)/C(=C(/O)c4ccccc4)C3c3ccccc3)sc2c1. The van der Waals surface area contributed by atoms with E-state index in [0.717, 1.165) is 22.2 Å². The summed E-state index contributed by atoms with van der Waals surface area (Å²) < 4.78 is 0.955. The number of nitrogens with zero attached hydrogens (tertiary/aromatic N) is 2. The van der Waals surface area contributed by atoms with Gasteiger partial charge in [0.1, 0.15) is 5.76 Å². The van der Waals surface area contributed by atoms with Gasteiger partial charge in [-0.25, -0.2) is 4.98 Å². The van der Waals surface area contributed by atoms with Gasteiger partial charge in [-0.1, -0.05) is 85.0 Å². The Hall–Kier alpha value is -3.77. The molecule has 1 fully saturated rings. The van der Waals surface area contributed by atoms with Crippen LogP contribution in [0.1, 0.15) is 29.7 Å². The lowest BCUT2D eigenvalue weighted by Gasteiger charge is -2.22. The topological polar surface area (TPSA) is 70.5 Å². The number of benzene rings is 3. The lowest BCUT2D eigenvalue weighted by Crippen LogP contribution is -2.29. The van der Waals surface area contributed by atoms with Crippen molar-refractivity contribution in [2.24, 2.45) is 0 Å². The highest BCUT2D eigenvalue weighted by atomic mass is 32.1. The molecule has 3 aromatic carbocycles. The Morgan fingerprint density at radius 2 is 1.69 bits per heavy atom. The van der Waals surface area contributed by atoms with Gasteiger partial charge < -0.3 is 5.11 Å². The molecular formula is C26H20N2O3S. The van der Waals surface area contributed by atoms with Crippen LogP contribution >= 0.6 is 11.3 Å². The molecule has 1 unspecified atom stereocenters. The van der Waals surface area contributed by atoms with E-state index >= 15 is 0 Å². The van der Waals surface area contributed by atoms with Crippen LogP contribution in [0.3, 0.4) is 0 Å². The van der Waals surface area contributed by atoms with Crippen molar-refractivity contribution in [3.05, 3.63) is 101 Å². The molecule has 0 saturated carbocycles. The Morgan fingerprint density at radius 1 is 1.00 bits per heavy atom. The number of hydrogen-bond donors (Lipinski definition) is 1. The molecule has 0 bridgehead atoms. The summed E-state index contributed by atoms with van der Waals surface area (Å²) in [5.41, 5.74) is 3.25. The first-order chi connectivity index (χ1) is 15.6. The molecule has 5 rings (SSSR count). The Balaban J connectivity index is 1.71. The van der Waals surface area contributed by atoms with Crippen molar-refractivity contribution in [2.75, 3.05) is 4.90 Å². The Bertz CT molecular complexity index is 1360. The van der Waals surface area contributed by atoms with Gasteiger partial charge in [-0.15, -0.1) is 0 Å². The summed E-state index contributed by atoms with van der Waals surface area (Å²) in [7, 11) is 0.